The van der Waals surface area contributed by atoms with Crippen LogP contribution >= 0.6 is 0 Å². The maximum Gasteiger partial charge on any atom is 0.203 e. The van der Waals surface area contributed by atoms with Gasteiger partial charge in [0.1, 0.15) is 0 Å². The van der Waals surface area contributed by atoms with Gasteiger partial charge in [-0.05, 0) is 13.3 Å². The zero-order valence-electron chi connectivity index (χ0n) is 11.7. The Bertz CT molecular complexity index is 375. The van der Waals surface area contributed by atoms with Crippen molar-refractivity contribution in [1.82, 2.24) is 9.55 Å². The van der Waals surface area contributed by atoms with E-state index in [1.807, 2.05) is 13.1 Å². The lowest BCUT2D eigenvalue weighted by Gasteiger charge is -2.23. The number of aryl methyl sites for hydroxylation is 1. The highest BCUT2D eigenvalue weighted by Crippen LogP contribution is 2.12. The van der Waals surface area contributed by atoms with Gasteiger partial charge in [-0.3, -0.25) is 0 Å². The fraction of sp³-hybridized carbons (Fsp3) is 0.769. The van der Waals surface area contributed by atoms with Crippen molar-refractivity contribution < 1.29 is 14.2 Å². The van der Waals surface area contributed by atoms with Crippen LogP contribution in [-0.4, -0.2) is 55.7 Å². The van der Waals surface area contributed by atoms with E-state index in [2.05, 4.69) is 14.9 Å². The van der Waals surface area contributed by atoms with Crippen molar-refractivity contribution in [2.45, 2.75) is 26.0 Å². The topological polar surface area (TPSA) is 57.5 Å². The van der Waals surface area contributed by atoms with Crippen molar-refractivity contribution in [2.24, 2.45) is 0 Å². The molecule has 6 heteroatoms. The van der Waals surface area contributed by atoms with Crippen LogP contribution in [0.25, 0.3) is 0 Å². The standard InChI is InChI=1S/C13H23N3O3/c1-11-8-16(9-12-10-18-6-7-19-12)13(15-11)14-4-3-5-17-2/h8,12H,3-7,9-10H2,1-2H3,(H,14,15). The molecule has 1 N–H and O–H groups in total. The molecule has 2 heterocycles. The molecule has 0 bridgehead atoms. The quantitative estimate of drug-likeness (QED) is 0.750. The van der Waals surface area contributed by atoms with Crippen LogP contribution in [-0.2, 0) is 20.8 Å². The molecule has 19 heavy (non-hydrogen) atoms. The molecule has 1 fully saturated rings. The van der Waals surface area contributed by atoms with Gasteiger partial charge in [-0.15, -0.1) is 0 Å². The Balaban J connectivity index is 1.87. The number of imidazole rings is 1. The maximum atomic E-state index is 5.67. The Morgan fingerprint density at radius 2 is 2.42 bits per heavy atom. The molecule has 0 aliphatic carbocycles. The van der Waals surface area contributed by atoms with Crippen LogP contribution in [0.5, 0.6) is 0 Å². The monoisotopic (exact) mass is 269 g/mol. The molecule has 1 aliphatic heterocycles. The lowest BCUT2D eigenvalue weighted by atomic mass is 10.3. The number of aromatic nitrogens is 2. The van der Waals surface area contributed by atoms with Crippen LogP contribution in [0.15, 0.2) is 6.20 Å². The molecule has 2 rings (SSSR count). The largest absolute Gasteiger partial charge is 0.385 e. The number of hydrogen-bond donors (Lipinski definition) is 1. The van der Waals surface area contributed by atoms with Crippen LogP contribution in [0, 0.1) is 6.92 Å². The van der Waals surface area contributed by atoms with Crippen molar-refractivity contribution in [2.75, 3.05) is 45.4 Å². The van der Waals surface area contributed by atoms with Gasteiger partial charge in [-0.2, -0.15) is 0 Å². The van der Waals surface area contributed by atoms with Crippen molar-refractivity contribution in [3.63, 3.8) is 0 Å². The summed E-state index contributed by atoms with van der Waals surface area (Å²) in [4.78, 5) is 4.49. The molecule has 6 nitrogen and oxygen atoms in total. The minimum absolute atomic E-state index is 0.113. The Kier molecular flexibility index (Phi) is 5.62. The smallest absolute Gasteiger partial charge is 0.203 e. The molecule has 0 amide bonds. The fourth-order valence-electron chi connectivity index (χ4n) is 2.11. The van der Waals surface area contributed by atoms with Gasteiger partial charge in [-0.25, -0.2) is 4.98 Å². The van der Waals surface area contributed by atoms with Gasteiger partial charge in [0.05, 0.1) is 38.2 Å². The van der Waals surface area contributed by atoms with Gasteiger partial charge in [0.2, 0.25) is 5.95 Å². The summed E-state index contributed by atoms with van der Waals surface area (Å²) in [5.41, 5.74) is 1.01. The number of methoxy groups -OCH3 is 1. The highest BCUT2D eigenvalue weighted by atomic mass is 16.6. The minimum atomic E-state index is 0.113. The lowest BCUT2D eigenvalue weighted by molar-refractivity contribution is -0.0934. The van der Waals surface area contributed by atoms with Crippen LogP contribution in [0.4, 0.5) is 5.95 Å². The third kappa shape index (κ3) is 4.49. The van der Waals surface area contributed by atoms with E-state index < -0.39 is 0 Å². The van der Waals surface area contributed by atoms with E-state index in [4.69, 9.17) is 14.2 Å². The molecule has 0 radical (unpaired) electrons. The highest BCUT2D eigenvalue weighted by molar-refractivity contribution is 5.28. The normalized spacial score (nSPS) is 19.6. The number of ether oxygens (including phenoxy) is 3. The van der Waals surface area contributed by atoms with E-state index in [9.17, 15) is 0 Å². The number of rotatable bonds is 7. The molecule has 0 saturated carbocycles. The van der Waals surface area contributed by atoms with E-state index >= 15 is 0 Å². The van der Waals surface area contributed by atoms with E-state index in [1.54, 1.807) is 7.11 Å². The molecular formula is C13H23N3O3. The third-order valence-corrected chi connectivity index (χ3v) is 2.99. The van der Waals surface area contributed by atoms with E-state index in [-0.39, 0.29) is 6.10 Å². The van der Waals surface area contributed by atoms with Crippen LogP contribution in [0.1, 0.15) is 12.1 Å². The third-order valence-electron chi connectivity index (χ3n) is 2.99. The molecule has 1 aliphatic rings. The SMILES string of the molecule is COCCCNc1nc(C)cn1CC1COCCO1. The molecule has 1 atom stereocenters. The first-order valence-corrected chi connectivity index (χ1v) is 6.75. The predicted molar refractivity (Wildman–Crippen MR) is 72.5 cm³/mol. The second-order valence-corrected chi connectivity index (χ2v) is 4.70. The molecule has 0 aromatic carbocycles. The first-order chi connectivity index (χ1) is 9.29. The Morgan fingerprint density at radius 3 is 3.16 bits per heavy atom. The second kappa shape index (κ2) is 7.47. The summed E-state index contributed by atoms with van der Waals surface area (Å²) in [7, 11) is 1.71. The van der Waals surface area contributed by atoms with Gasteiger partial charge >= 0.3 is 0 Å². The molecule has 108 valence electrons. The minimum Gasteiger partial charge on any atom is -0.385 e. The lowest BCUT2D eigenvalue weighted by Crippen LogP contribution is -2.32. The van der Waals surface area contributed by atoms with Crippen molar-refractivity contribution >= 4 is 5.95 Å². The summed E-state index contributed by atoms with van der Waals surface area (Å²) in [6.07, 6.45) is 3.11. The Labute approximate surface area is 114 Å². The van der Waals surface area contributed by atoms with Crippen molar-refractivity contribution in [1.29, 1.82) is 0 Å². The Morgan fingerprint density at radius 1 is 1.53 bits per heavy atom. The highest BCUT2D eigenvalue weighted by Gasteiger charge is 2.16. The molecule has 1 aromatic heterocycles. The van der Waals surface area contributed by atoms with E-state index in [1.165, 1.54) is 0 Å². The predicted octanol–water partition coefficient (Wildman–Crippen LogP) is 1.06. The van der Waals surface area contributed by atoms with Gasteiger partial charge < -0.3 is 24.1 Å². The van der Waals surface area contributed by atoms with Crippen LogP contribution in [0.3, 0.4) is 0 Å². The molecule has 1 aromatic rings. The average Bonchev–Trinajstić information content (AvgIpc) is 2.76. The first kappa shape index (κ1) is 14.3. The van der Waals surface area contributed by atoms with Crippen molar-refractivity contribution in [3.8, 4) is 0 Å². The van der Waals surface area contributed by atoms with Gasteiger partial charge in [0.15, 0.2) is 0 Å². The average molecular weight is 269 g/mol. The molecule has 1 saturated heterocycles. The zero-order valence-corrected chi connectivity index (χ0v) is 11.7. The second-order valence-electron chi connectivity index (χ2n) is 4.70. The molecular weight excluding hydrogens is 246 g/mol. The van der Waals surface area contributed by atoms with E-state index in [0.717, 1.165) is 37.8 Å². The van der Waals surface area contributed by atoms with E-state index in [0.29, 0.717) is 19.8 Å². The summed E-state index contributed by atoms with van der Waals surface area (Å²) in [6.45, 7) is 6.40. The molecule has 0 spiro atoms. The number of anilines is 1. The van der Waals surface area contributed by atoms with Crippen molar-refractivity contribution in [3.05, 3.63) is 11.9 Å². The van der Waals surface area contributed by atoms with Crippen LogP contribution in [0.2, 0.25) is 0 Å². The maximum absolute atomic E-state index is 5.67. The van der Waals surface area contributed by atoms with Gasteiger partial charge in [-0.1, -0.05) is 0 Å². The number of nitrogens with one attached hydrogen (secondary N) is 1. The van der Waals surface area contributed by atoms with Gasteiger partial charge in [0, 0.05) is 26.5 Å². The van der Waals surface area contributed by atoms with Crippen LogP contribution < -0.4 is 5.32 Å². The number of nitrogens with zero attached hydrogens (tertiary/aromatic N) is 2. The summed E-state index contributed by atoms with van der Waals surface area (Å²) >= 11 is 0. The fourth-order valence-corrected chi connectivity index (χ4v) is 2.11. The summed E-state index contributed by atoms with van der Waals surface area (Å²) < 4.78 is 18.2. The zero-order chi connectivity index (χ0) is 13.5. The summed E-state index contributed by atoms with van der Waals surface area (Å²) in [5, 5.41) is 3.33. The Hall–Kier alpha value is -1.11. The summed E-state index contributed by atoms with van der Waals surface area (Å²) in [5.74, 6) is 0.891. The first-order valence-electron chi connectivity index (χ1n) is 6.75. The van der Waals surface area contributed by atoms with Gasteiger partial charge in [0.25, 0.3) is 0 Å². The molecule has 1 unspecified atom stereocenters. The number of hydrogen-bond acceptors (Lipinski definition) is 5. The summed E-state index contributed by atoms with van der Waals surface area (Å²) in [6, 6.07) is 0.